The van der Waals surface area contributed by atoms with Crippen LogP contribution in [0.4, 0.5) is 23.2 Å². The van der Waals surface area contributed by atoms with Gasteiger partial charge in [-0.3, -0.25) is 0 Å². The molecule has 2 unspecified atom stereocenters. The van der Waals surface area contributed by atoms with Gasteiger partial charge in [-0.05, 0) is 37.0 Å². The number of nitrogens with one attached hydrogen (secondary N) is 1. The molecule has 1 aliphatic carbocycles. The maximum absolute atomic E-state index is 13.7. The Kier molecular flexibility index (Phi) is 4.46. The SMILES string of the molecule is CC1CCCC(O)(CNc2ccc(C(F)(F)F)cc2F)C1. The molecule has 0 amide bonds. The highest BCUT2D eigenvalue weighted by molar-refractivity contribution is 5.47. The fraction of sp³-hybridized carbons (Fsp3) is 0.600. The molecule has 0 heterocycles. The maximum atomic E-state index is 13.7. The van der Waals surface area contributed by atoms with Crippen molar-refractivity contribution in [3.05, 3.63) is 29.6 Å². The molecule has 0 aliphatic heterocycles. The normalized spacial score (nSPS) is 26.7. The molecule has 0 radical (unpaired) electrons. The molecule has 2 N–H and O–H groups in total. The summed E-state index contributed by atoms with van der Waals surface area (Å²) in [4.78, 5) is 0. The minimum Gasteiger partial charge on any atom is -0.388 e. The first-order valence-corrected chi connectivity index (χ1v) is 7.03. The van der Waals surface area contributed by atoms with Crippen molar-refractivity contribution < 1.29 is 22.7 Å². The molecule has 0 spiro atoms. The first-order chi connectivity index (χ1) is 9.70. The van der Waals surface area contributed by atoms with Crippen LogP contribution in [0.25, 0.3) is 0 Å². The van der Waals surface area contributed by atoms with Crippen molar-refractivity contribution in [3.63, 3.8) is 0 Å². The van der Waals surface area contributed by atoms with Crippen LogP contribution < -0.4 is 5.32 Å². The maximum Gasteiger partial charge on any atom is 0.416 e. The van der Waals surface area contributed by atoms with Crippen LogP contribution in [-0.4, -0.2) is 17.3 Å². The van der Waals surface area contributed by atoms with Gasteiger partial charge in [-0.2, -0.15) is 13.2 Å². The van der Waals surface area contributed by atoms with Gasteiger partial charge in [0.15, 0.2) is 0 Å². The van der Waals surface area contributed by atoms with E-state index in [1.54, 1.807) is 0 Å². The van der Waals surface area contributed by atoms with Gasteiger partial charge < -0.3 is 10.4 Å². The van der Waals surface area contributed by atoms with E-state index in [0.717, 1.165) is 25.0 Å². The van der Waals surface area contributed by atoms with Gasteiger partial charge in [-0.1, -0.05) is 19.8 Å². The third kappa shape index (κ3) is 4.09. The summed E-state index contributed by atoms with van der Waals surface area (Å²) in [6.45, 7) is 2.18. The van der Waals surface area contributed by atoms with Crippen molar-refractivity contribution >= 4 is 5.69 Å². The molecule has 0 bridgehead atoms. The lowest BCUT2D eigenvalue weighted by molar-refractivity contribution is -0.137. The van der Waals surface area contributed by atoms with Crippen LogP contribution in [0, 0.1) is 11.7 Å². The Morgan fingerprint density at radius 2 is 2.10 bits per heavy atom. The summed E-state index contributed by atoms with van der Waals surface area (Å²) in [6, 6.07) is 2.36. The predicted molar refractivity (Wildman–Crippen MR) is 72.5 cm³/mol. The van der Waals surface area contributed by atoms with Crippen molar-refractivity contribution in [2.45, 2.75) is 44.4 Å². The lowest BCUT2D eigenvalue weighted by Gasteiger charge is -2.35. The fourth-order valence-electron chi connectivity index (χ4n) is 2.89. The molecular formula is C15H19F4NO. The number of anilines is 1. The second-order valence-corrected chi connectivity index (χ2v) is 5.97. The topological polar surface area (TPSA) is 32.3 Å². The molecule has 21 heavy (non-hydrogen) atoms. The highest BCUT2D eigenvalue weighted by Crippen LogP contribution is 2.34. The molecule has 2 atom stereocenters. The van der Waals surface area contributed by atoms with Gasteiger partial charge in [0.1, 0.15) is 5.82 Å². The van der Waals surface area contributed by atoms with Crippen LogP contribution in [-0.2, 0) is 6.18 Å². The van der Waals surface area contributed by atoms with E-state index < -0.39 is 23.2 Å². The number of halogens is 4. The van der Waals surface area contributed by atoms with E-state index in [1.807, 2.05) is 6.92 Å². The Morgan fingerprint density at radius 3 is 2.67 bits per heavy atom. The van der Waals surface area contributed by atoms with E-state index in [-0.39, 0.29) is 12.2 Å². The van der Waals surface area contributed by atoms with Crippen LogP contribution in [0.15, 0.2) is 18.2 Å². The van der Waals surface area contributed by atoms with Gasteiger partial charge in [-0.25, -0.2) is 4.39 Å². The summed E-state index contributed by atoms with van der Waals surface area (Å²) in [7, 11) is 0. The fourth-order valence-corrected chi connectivity index (χ4v) is 2.89. The number of benzene rings is 1. The van der Waals surface area contributed by atoms with E-state index in [4.69, 9.17) is 0 Å². The standard InChI is InChI=1S/C15H19F4NO/c1-10-3-2-6-14(21,8-10)9-20-13-5-4-11(7-12(13)16)15(17,18)19/h4-5,7,10,20-21H,2-3,6,8-9H2,1H3. The van der Waals surface area contributed by atoms with E-state index in [1.165, 1.54) is 0 Å². The smallest absolute Gasteiger partial charge is 0.388 e. The van der Waals surface area contributed by atoms with Crippen LogP contribution >= 0.6 is 0 Å². The van der Waals surface area contributed by atoms with Gasteiger partial charge in [0, 0.05) is 6.54 Å². The molecule has 2 nitrogen and oxygen atoms in total. The number of rotatable bonds is 3. The van der Waals surface area contributed by atoms with Crippen LogP contribution in [0.5, 0.6) is 0 Å². The minimum atomic E-state index is -4.56. The molecular weight excluding hydrogens is 286 g/mol. The summed E-state index contributed by atoms with van der Waals surface area (Å²) < 4.78 is 51.1. The quantitative estimate of drug-likeness (QED) is 0.820. The molecule has 6 heteroatoms. The van der Waals surface area contributed by atoms with Crippen molar-refractivity contribution in [1.82, 2.24) is 0 Å². The molecule has 1 aliphatic rings. The van der Waals surface area contributed by atoms with E-state index >= 15 is 0 Å². The molecule has 1 saturated carbocycles. The van der Waals surface area contributed by atoms with Crippen molar-refractivity contribution in [2.75, 3.05) is 11.9 Å². The summed E-state index contributed by atoms with van der Waals surface area (Å²) in [6.07, 6.45) is -1.38. The van der Waals surface area contributed by atoms with Crippen LogP contribution in [0.1, 0.15) is 38.2 Å². The van der Waals surface area contributed by atoms with Crippen LogP contribution in [0.2, 0.25) is 0 Å². The average molecular weight is 305 g/mol. The van der Waals surface area contributed by atoms with Crippen molar-refractivity contribution in [1.29, 1.82) is 0 Å². The minimum absolute atomic E-state index is 0.0188. The number of hydrogen-bond acceptors (Lipinski definition) is 2. The van der Waals surface area contributed by atoms with E-state index in [0.29, 0.717) is 24.8 Å². The average Bonchev–Trinajstić information content (AvgIpc) is 2.36. The first kappa shape index (κ1) is 16.1. The second kappa shape index (κ2) is 5.83. The third-order valence-corrected chi connectivity index (χ3v) is 3.97. The molecule has 2 rings (SSSR count). The number of alkyl halides is 3. The van der Waals surface area contributed by atoms with Gasteiger partial charge in [0.2, 0.25) is 0 Å². The molecule has 0 saturated heterocycles. The largest absolute Gasteiger partial charge is 0.416 e. The van der Waals surface area contributed by atoms with E-state index in [2.05, 4.69) is 5.32 Å². The molecule has 1 fully saturated rings. The zero-order valence-electron chi connectivity index (χ0n) is 11.8. The monoisotopic (exact) mass is 305 g/mol. The Morgan fingerprint density at radius 1 is 1.38 bits per heavy atom. The summed E-state index contributed by atoms with van der Waals surface area (Å²) in [5, 5.41) is 13.1. The highest BCUT2D eigenvalue weighted by atomic mass is 19.4. The second-order valence-electron chi connectivity index (χ2n) is 5.97. The van der Waals surface area contributed by atoms with E-state index in [9.17, 15) is 22.7 Å². The van der Waals surface area contributed by atoms with Crippen molar-refractivity contribution in [2.24, 2.45) is 5.92 Å². The number of hydrogen-bond donors (Lipinski definition) is 2. The zero-order chi connectivity index (χ0) is 15.7. The molecule has 1 aromatic rings. The summed E-state index contributed by atoms with van der Waals surface area (Å²) in [5.74, 6) is -0.569. The summed E-state index contributed by atoms with van der Waals surface area (Å²) in [5.41, 5.74) is -1.96. The Balaban J connectivity index is 2.03. The van der Waals surface area contributed by atoms with Gasteiger partial charge in [0.25, 0.3) is 0 Å². The third-order valence-electron chi connectivity index (χ3n) is 3.97. The Hall–Kier alpha value is -1.30. The summed E-state index contributed by atoms with van der Waals surface area (Å²) >= 11 is 0. The van der Waals surface area contributed by atoms with Crippen molar-refractivity contribution in [3.8, 4) is 0 Å². The Bertz CT molecular complexity index is 503. The molecule has 0 aromatic heterocycles. The lowest BCUT2D eigenvalue weighted by Crippen LogP contribution is -2.41. The molecule has 118 valence electrons. The highest BCUT2D eigenvalue weighted by Gasteiger charge is 2.33. The van der Waals surface area contributed by atoms with Gasteiger partial charge in [0.05, 0.1) is 16.9 Å². The van der Waals surface area contributed by atoms with Gasteiger partial charge >= 0.3 is 6.18 Å². The lowest BCUT2D eigenvalue weighted by atomic mass is 9.79. The predicted octanol–water partition coefficient (Wildman–Crippen LogP) is 4.20. The zero-order valence-corrected chi connectivity index (χ0v) is 11.8. The molecule has 1 aromatic carbocycles. The Labute approximate surface area is 121 Å². The van der Waals surface area contributed by atoms with Gasteiger partial charge in [-0.15, -0.1) is 0 Å². The van der Waals surface area contributed by atoms with Crippen LogP contribution in [0.3, 0.4) is 0 Å². The number of aliphatic hydroxyl groups is 1. The first-order valence-electron chi connectivity index (χ1n) is 7.03.